The van der Waals surface area contributed by atoms with Crippen LogP contribution >= 0.6 is 22.6 Å². The Hall–Kier alpha value is -0.820. The van der Waals surface area contributed by atoms with Crippen LogP contribution in [-0.4, -0.2) is 20.2 Å². The highest BCUT2D eigenvalue weighted by Crippen LogP contribution is 2.30. The quantitative estimate of drug-likeness (QED) is 0.612. The zero-order chi connectivity index (χ0) is 14.4. The highest BCUT2D eigenvalue weighted by Gasteiger charge is 2.17. The van der Waals surface area contributed by atoms with Crippen LogP contribution in [0.25, 0.3) is 0 Å². The summed E-state index contributed by atoms with van der Waals surface area (Å²) in [4.78, 5) is 11.2. The molecule has 0 aliphatic carbocycles. The molecule has 1 aromatic carbocycles. The molecule has 1 rings (SSSR count). The first-order valence-corrected chi connectivity index (χ1v) is 7.21. The molecule has 0 amide bonds. The fraction of sp³-hybridized carbons (Fsp3) is 0.500. The van der Waals surface area contributed by atoms with E-state index < -0.39 is 0 Å². The van der Waals surface area contributed by atoms with Crippen LogP contribution in [0.2, 0.25) is 0 Å². The van der Waals surface area contributed by atoms with E-state index in [1.807, 2.05) is 25.1 Å². The van der Waals surface area contributed by atoms with Gasteiger partial charge in [-0.05, 0) is 53.1 Å². The molecule has 0 radical (unpaired) electrons. The number of halogens is 1. The Labute approximate surface area is 127 Å². The minimum Gasteiger partial charge on any atom is -0.496 e. The van der Waals surface area contributed by atoms with Crippen LogP contribution in [0.3, 0.4) is 0 Å². The largest absolute Gasteiger partial charge is 0.496 e. The second-order valence-corrected chi connectivity index (χ2v) is 5.86. The topological polar surface area (TPSA) is 61.5 Å². The van der Waals surface area contributed by atoms with Gasteiger partial charge in [-0.1, -0.05) is 6.92 Å². The van der Waals surface area contributed by atoms with E-state index in [4.69, 9.17) is 10.5 Å². The number of methoxy groups -OCH3 is 2. The summed E-state index contributed by atoms with van der Waals surface area (Å²) >= 11 is 2.25. The van der Waals surface area contributed by atoms with Crippen molar-refractivity contribution in [2.24, 2.45) is 11.7 Å². The molecule has 19 heavy (non-hydrogen) atoms. The van der Waals surface area contributed by atoms with Crippen LogP contribution in [0, 0.1) is 9.49 Å². The third-order valence-corrected chi connectivity index (χ3v) is 3.66. The lowest BCUT2D eigenvalue weighted by Crippen LogP contribution is -2.17. The van der Waals surface area contributed by atoms with Gasteiger partial charge in [-0.3, -0.25) is 4.79 Å². The fourth-order valence-electron chi connectivity index (χ4n) is 2.01. The first kappa shape index (κ1) is 16.2. The molecule has 106 valence electrons. The molecule has 0 aliphatic heterocycles. The van der Waals surface area contributed by atoms with Crippen molar-refractivity contribution in [2.75, 3.05) is 14.2 Å². The molecule has 4 nitrogen and oxygen atoms in total. The van der Waals surface area contributed by atoms with Crippen LogP contribution in [0.1, 0.15) is 31.4 Å². The van der Waals surface area contributed by atoms with Crippen molar-refractivity contribution in [3.05, 3.63) is 27.3 Å². The van der Waals surface area contributed by atoms with Gasteiger partial charge in [0.05, 0.1) is 14.2 Å². The van der Waals surface area contributed by atoms with Crippen LogP contribution in [0.5, 0.6) is 5.75 Å². The second-order valence-electron chi connectivity index (χ2n) is 4.61. The Balaban J connectivity index is 2.74. The summed E-state index contributed by atoms with van der Waals surface area (Å²) < 4.78 is 11.1. The number of benzene rings is 1. The number of ether oxygens (including phenoxy) is 2. The predicted octanol–water partition coefficient (Wildman–Crippen LogP) is 2.89. The van der Waals surface area contributed by atoms with E-state index >= 15 is 0 Å². The van der Waals surface area contributed by atoms with Gasteiger partial charge in [0.15, 0.2) is 0 Å². The van der Waals surface area contributed by atoms with Crippen LogP contribution in [-0.2, 0) is 9.53 Å². The molecule has 2 N–H and O–H groups in total. The Morgan fingerprint density at radius 2 is 2.11 bits per heavy atom. The molecule has 0 saturated heterocycles. The van der Waals surface area contributed by atoms with E-state index in [1.54, 1.807) is 7.11 Å². The van der Waals surface area contributed by atoms with Crippen molar-refractivity contribution in [1.82, 2.24) is 0 Å². The molecule has 2 atom stereocenters. The summed E-state index contributed by atoms with van der Waals surface area (Å²) in [6.07, 6.45) is 1.10. The van der Waals surface area contributed by atoms with Gasteiger partial charge >= 0.3 is 5.97 Å². The fourth-order valence-corrected chi connectivity index (χ4v) is 2.52. The summed E-state index contributed by atoms with van der Waals surface area (Å²) in [5, 5.41) is 0. The number of nitrogens with two attached hydrogens (primary N) is 1. The molecule has 0 saturated carbocycles. The molecular formula is C14H20INO3. The van der Waals surface area contributed by atoms with E-state index in [2.05, 4.69) is 27.3 Å². The number of carbonyl (C=O) groups excluding carboxylic acids is 1. The van der Waals surface area contributed by atoms with Gasteiger partial charge in [-0.25, -0.2) is 0 Å². The smallest absolute Gasteiger partial charge is 0.305 e. The summed E-state index contributed by atoms with van der Waals surface area (Å²) in [6, 6.07) is 5.77. The Kier molecular flexibility index (Phi) is 6.57. The van der Waals surface area contributed by atoms with Crippen molar-refractivity contribution in [3.8, 4) is 5.75 Å². The normalized spacial score (nSPS) is 13.7. The highest BCUT2D eigenvalue weighted by atomic mass is 127. The standard InChI is InChI=1S/C14H20INO3/c1-9(7-14(17)19-3)6-12(16)11-8-10(15)4-5-13(11)18-2/h4-5,8-9,12H,6-7,16H2,1-3H3. The Morgan fingerprint density at radius 1 is 1.42 bits per heavy atom. The number of esters is 1. The van der Waals surface area contributed by atoms with Gasteiger partial charge in [0.25, 0.3) is 0 Å². The van der Waals surface area contributed by atoms with Crippen molar-refractivity contribution in [2.45, 2.75) is 25.8 Å². The maximum Gasteiger partial charge on any atom is 0.305 e. The van der Waals surface area contributed by atoms with Gasteiger partial charge in [0.2, 0.25) is 0 Å². The van der Waals surface area contributed by atoms with E-state index in [0.717, 1.165) is 14.9 Å². The van der Waals surface area contributed by atoms with Crippen LogP contribution in [0.4, 0.5) is 0 Å². The maximum atomic E-state index is 11.2. The van der Waals surface area contributed by atoms with E-state index in [1.165, 1.54) is 7.11 Å². The zero-order valence-electron chi connectivity index (χ0n) is 11.5. The van der Waals surface area contributed by atoms with Gasteiger partial charge < -0.3 is 15.2 Å². The molecule has 0 fully saturated rings. The minimum atomic E-state index is -0.200. The SMILES string of the molecule is COC(=O)CC(C)CC(N)c1cc(I)ccc1OC. The number of hydrogen-bond donors (Lipinski definition) is 1. The van der Waals surface area contributed by atoms with E-state index in [-0.39, 0.29) is 17.9 Å². The van der Waals surface area contributed by atoms with E-state index in [9.17, 15) is 4.79 Å². The monoisotopic (exact) mass is 377 g/mol. The van der Waals surface area contributed by atoms with Gasteiger partial charge in [0.1, 0.15) is 5.75 Å². The number of rotatable bonds is 6. The first-order valence-electron chi connectivity index (χ1n) is 6.13. The third kappa shape index (κ3) is 4.99. The third-order valence-electron chi connectivity index (χ3n) is 2.99. The summed E-state index contributed by atoms with van der Waals surface area (Å²) in [7, 11) is 3.04. The second kappa shape index (κ2) is 7.69. The van der Waals surface area contributed by atoms with Gasteiger partial charge in [-0.15, -0.1) is 0 Å². The van der Waals surface area contributed by atoms with Crippen molar-refractivity contribution in [3.63, 3.8) is 0 Å². The van der Waals surface area contributed by atoms with Crippen LogP contribution < -0.4 is 10.5 Å². The van der Waals surface area contributed by atoms with E-state index in [0.29, 0.717) is 12.8 Å². The van der Waals surface area contributed by atoms with Gasteiger partial charge in [0, 0.05) is 21.6 Å². The van der Waals surface area contributed by atoms with Crippen molar-refractivity contribution < 1.29 is 14.3 Å². The summed E-state index contributed by atoms with van der Waals surface area (Å²) in [6.45, 7) is 2.00. The molecule has 0 aliphatic rings. The average Bonchev–Trinajstić information content (AvgIpc) is 2.38. The van der Waals surface area contributed by atoms with Crippen molar-refractivity contribution in [1.29, 1.82) is 0 Å². The molecule has 1 aromatic rings. The van der Waals surface area contributed by atoms with Gasteiger partial charge in [-0.2, -0.15) is 0 Å². The molecule has 0 bridgehead atoms. The lowest BCUT2D eigenvalue weighted by atomic mass is 9.94. The number of hydrogen-bond acceptors (Lipinski definition) is 4. The van der Waals surface area contributed by atoms with Crippen molar-refractivity contribution >= 4 is 28.6 Å². The predicted molar refractivity (Wildman–Crippen MR) is 83.1 cm³/mol. The molecule has 0 aromatic heterocycles. The molecule has 0 spiro atoms. The average molecular weight is 377 g/mol. The minimum absolute atomic E-state index is 0.149. The lowest BCUT2D eigenvalue weighted by Gasteiger charge is -2.19. The molecule has 2 unspecified atom stereocenters. The first-order chi connectivity index (χ1) is 8.97. The highest BCUT2D eigenvalue weighted by molar-refractivity contribution is 14.1. The molecule has 0 heterocycles. The lowest BCUT2D eigenvalue weighted by molar-refractivity contribution is -0.141. The Morgan fingerprint density at radius 3 is 2.68 bits per heavy atom. The van der Waals surface area contributed by atoms with Crippen LogP contribution in [0.15, 0.2) is 18.2 Å². The Bertz CT molecular complexity index is 437. The summed E-state index contributed by atoms with van der Waals surface area (Å²) in [5.41, 5.74) is 7.20. The molecule has 5 heteroatoms. The maximum absolute atomic E-state index is 11.2. The molecular weight excluding hydrogens is 357 g/mol. The summed E-state index contributed by atoms with van der Waals surface area (Å²) in [5.74, 6) is 0.762. The zero-order valence-corrected chi connectivity index (χ0v) is 13.6. The number of carbonyl (C=O) groups is 1.